The van der Waals surface area contributed by atoms with Gasteiger partial charge >= 0.3 is 0 Å². The summed E-state index contributed by atoms with van der Waals surface area (Å²) in [6.45, 7) is 5.30. The van der Waals surface area contributed by atoms with Gasteiger partial charge in [-0.3, -0.25) is 0 Å². The van der Waals surface area contributed by atoms with Gasteiger partial charge in [0.15, 0.2) is 0 Å². The van der Waals surface area contributed by atoms with Gasteiger partial charge in [0.05, 0.1) is 0 Å². The second-order valence-electron chi connectivity index (χ2n) is 5.75. The molecule has 3 rings (SSSR count). The third kappa shape index (κ3) is 2.94. The normalized spacial score (nSPS) is 21.8. The van der Waals surface area contributed by atoms with Crippen molar-refractivity contribution >= 4 is 11.3 Å². The van der Waals surface area contributed by atoms with E-state index in [4.69, 9.17) is 0 Å². The van der Waals surface area contributed by atoms with E-state index < -0.39 is 0 Å². The van der Waals surface area contributed by atoms with Crippen molar-refractivity contribution in [3.05, 3.63) is 57.0 Å². The molecule has 3 heteroatoms. The van der Waals surface area contributed by atoms with Crippen molar-refractivity contribution in [1.29, 1.82) is 0 Å². The van der Waals surface area contributed by atoms with E-state index in [2.05, 4.69) is 25.2 Å². The summed E-state index contributed by atoms with van der Waals surface area (Å²) in [5.41, 5.74) is 2.53. The lowest BCUT2D eigenvalue weighted by Gasteiger charge is -2.36. The fraction of sp³-hybridized carbons (Fsp3) is 0.412. The summed E-state index contributed by atoms with van der Waals surface area (Å²) in [7, 11) is 0. The first-order valence-electron chi connectivity index (χ1n) is 7.16. The summed E-state index contributed by atoms with van der Waals surface area (Å²) < 4.78 is 13.2. The fourth-order valence-electron chi connectivity index (χ4n) is 2.80. The SMILES string of the molecule is Cc1cc(CNC2CC(c3cccc(F)c3)C2)sc1C. The highest BCUT2D eigenvalue weighted by atomic mass is 32.1. The van der Waals surface area contributed by atoms with Gasteiger partial charge in [0.2, 0.25) is 0 Å². The number of nitrogens with one attached hydrogen (secondary N) is 1. The summed E-state index contributed by atoms with van der Waals surface area (Å²) in [5.74, 6) is 0.401. The van der Waals surface area contributed by atoms with Gasteiger partial charge in [-0.05, 0) is 61.9 Å². The van der Waals surface area contributed by atoms with E-state index in [1.807, 2.05) is 23.5 Å². The second kappa shape index (κ2) is 5.66. The predicted molar refractivity (Wildman–Crippen MR) is 82.8 cm³/mol. The molecule has 1 aromatic heterocycles. The summed E-state index contributed by atoms with van der Waals surface area (Å²) in [6, 6.07) is 9.88. The van der Waals surface area contributed by atoms with Crippen LogP contribution in [0.15, 0.2) is 30.3 Å². The van der Waals surface area contributed by atoms with Gasteiger partial charge < -0.3 is 5.32 Å². The highest BCUT2D eigenvalue weighted by Gasteiger charge is 2.29. The molecule has 0 bridgehead atoms. The molecule has 1 fully saturated rings. The molecule has 0 saturated heterocycles. The number of aryl methyl sites for hydroxylation is 2. The molecule has 1 nitrogen and oxygen atoms in total. The van der Waals surface area contributed by atoms with Crippen LogP contribution in [0, 0.1) is 19.7 Å². The van der Waals surface area contributed by atoms with Crippen LogP contribution in [0.3, 0.4) is 0 Å². The van der Waals surface area contributed by atoms with E-state index in [1.165, 1.54) is 21.4 Å². The van der Waals surface area contributed by atoms with Crippen molar-refractivity contribution in [1.82, 2.24) is 5.32 Å². The van der Waals surface area contributed by atoms with E-state index in [9.17, 15) is 4.39 Å². The van der Waals surface area contributed by atoms with E-state index in [0.717, 1.165) is 24.9 Å². The molecule has 0 atom stereocenters. The van der Waals surface area contributed by atoms with Crippen molar-refractivity contribution in [2.24, 2.45) is 0 Å². The summed E-state index contributed by atoms with van der Waals surface area (Å²) >= 11 is 1.88. The Balaban J connectivity index is 1.49. The van der Waals surface area contributed by atoms with E-state index in [0.29, 0.717) is 12.0 Å². The first-order valence-corrected chi connectivity index (χ1v) is 7.98. The lowest BCUT2D eigenvalue weighted by molar-refractivity contribution is 0.289. The molecule has 1 aliphatic carbocycles. The summed E-state index contributed by atoms with van der Waals surface area (Å²) in [4.78, 5) is 2.82. The Labute approximate surface area is 123 Å². The molecule has 0 amide bonds. The topological polar surface area (TPSA) is 12.0 Å². The number of rotatable bonds is 4. The number of halogens is 1. The molecule has 1 aromatic carbocycles. The van der Waals surface area contributed by atoms with Crippen LogP contribution in [-0.4, -0.2) is 6.04 Å². The molecule has 106 valence electrons. The molecule has 1 heterocycles. The van der Waals surface area contributed by atoms with Gasteiger partial charge in [0.25, 0.3) is 0 Å². The van der Waals surface area contributed by atoms with Gasteiger partial charge in [0, 0.05) is 22.3 Å². The maximum atomic E-state index is 13.2. The molecule has 1 N–H and O–H groups in total. The molecule has 2 aromatic rings. The van der Waals surface area contributed by atoms with Crippen molar-refractivity contribution in [2.45, 2.75) is 45.2 Å². The van der Waals surface area contributed by atoms with Crippen LogP contribution in [0.4, 0.5) is 4.39 Å². The molecular formula is C17H20FNS. The van der Waals surface area contributed by atoms with Crippen molar-refractivity contribution < 1.29 is 4.39 Å². The molecule has 20 heavy (non-hydrogen) atoms. The highest BCUT2D eigenvalue weighted by molar-refractivity contribution is 7.12. The summed E-state index contributed by atoms with van der Waals surface area (Å²) in [5, 5.41) is 3.61. The van der Waals surface area contributed by atoms with Gasteiger partial charge in [-0.2, -0.15) is 0 Å². The average molecular weight is 289 g/mol. The molecule has 1 saturated carbocycles. The fourth-order valence-corrected chi connectivity index (χ4v) is 3.80. The van der Waals surface area contributed by atoms with Crippen LogP contribution in [-0.2, 0) is 6.54 Å². The molecule has 0 radical (unpaired) electrons. The minimum Gasteiger partial charge on any atom is -0.309 e. The van der Waals surface area contributed by atoms with Crippen molar-refractivity contribution in [3.8, 4) is 0 Å². The maximum absolute atomic E-state index is 13.2. The van der Waals surface area contributed by atoms with Crippen LogP contribution in [0.1, 0.15) is 39.6 Å². The standard InChI is InChI=1S/C17H20FNS/c1-11-6-17(20-12(11)2)10-19-16-8-14(9-16)13-4-3-5-15(18)7-13/h3-7,14,16,19H,8-10H2,1-2H3. The van der Waals surface area contributed by atoms with E-state index >= 15 is 0 Å². The molecule has 0 spiro atoms. The largest absolute Gasteiger partial charge is 0.309 e. The van der Waals surface area contributed by atoms with Crippen molar-refractivity contribution in [3.63, 3.8) is 0 Å². The van der Waals surface area contributed by atoms with Crippen LogP contribution in [0.5, 0.6) is 0 Å². The predicted octanol–water partition coefficient (Wildman–Crippen LogP) is 4.54. The smallest absolute Gasteiger partial charge is 0.123 e. The first-order chi connectivity index (χ1) is 9.61. The molecule has 1 aliphatic rings. The Morgan fingerprint density at radius 3 is 2.70 bits per heavy atom. The van der Waals surface area contributed by atoms with Gasteiger partial charge in [0.1, 0.15) is 5.82 Å². The zero-order chi connectivity index (χ0) is 14.1. The average Bonchev–Trinajstić information content (AvgIpc) is 2.67. The Kier molecular flexibility index (Phi) is 3.90. The lowest BCUT2D eigenvalue weighted by atomic mass is 9.76. The molecular weight excluding hydrogens is 269 g/mol. The van der Waals surface area contributed by atoms with Gasteiger partial charge in [-0.15, -0.1) is 11.3 Å². The zero-order valence-corrected chi connectivity index (χ0v) is 12.8. The van der Waals surface area contributed by atoms with E-state index in [1.54, 1.807) is 6.07 Å². The first kappa shape index (κ1) is 13.8. The highest BCUT2D eigenvalue weighted by Crippen LogP contribution is 2.37. The lowest BCUT2D eigenvalue weighted by Crippen LogP contribution is -2.39. The monoisotopic (exact) mass is 289 g/mol. The minimum absolute atomic E-state index is 0.122. The number of benzene rings is 1. The quantitative estimate of drug-likeness (QED) is 0.871. The third-order valence-electron chi connectivity index (χ3n) is 4.24. The number of thiophene rings is 1. The van der Waals surface area contributed by atoms with Gasteiger partial charge in [-0.1, -0.05) is 12.1 Å². The summed E-state index contributed by atoms with van der Waals surface area (Å²) in [6.07, 6.45) is 2.24. The third-order valence-corrected chi connectivity index (χ3v) is 5.39. The number of hydrogen-bond acceptors (Lipinski definition) is 2. The Bertz CT molecular complexity index is 579. The van der Waals surface area contributed by atoms with Crippen LogP contribution < -0.4 is 5.32 Å². The van der Waals surface area contributed by atoms with E-state index in [-0.39, 0.29) is 5.82 Å². The van der Waals surface area contributed by atoms with Crippen LogP contribution in [0.25, 0.3) is 0 Å². The Morgan fingerprint density at radius 1 is 1.25 bits per heavy atom. The number of hydrogen-bond donors (Lipinski definition) is 1. The minimum atomic E-state index is -0.122. The Morgan fingerprint density at radius 2 is 2.05 bits per heavy atom. The van der Waals surface area contributed by atoms with Gasteiger partial charge in [-0.25, -0.2) is 4.39 Å². The zero-order valence-electron chi connectivity index (χ0n) is 11.9. The maximum Gasteiger partial charge on any atom is 0.123 e. The van der Waals surface area contributed by atoms with Crippen molar-refractivity contribution in [2.75, 3.05) is 0 Å². The molecule has 0 aliphatic heterocycles. The van der Waals surface area contributed by atoms with Crippen LogP contribution in [0.2, 0.25) is 0 Å². The Hall–Kier alpha value is -1.19. The molecule has 0 unspecified atom stereocenters. The second-order valence-corrected chi connectivity index (χ2v) is 7.09. The van der Waals surface area contributed by atoms with Crippen LogP contribution >= 0.6 is 11.3 Å².